The van der Waals surface area contributed by atoms with Crippen molar-refractivity contribution in [3.8, 4) is 0 Å². The molecule has 2 aromatic rings. The van der Waals surface area contributed by atoms with Gasteiger partial charge >= 0.3 is 0 Å². The number of fused-ring (bicyclic) bond motifs is 1. The van der Waals surface area contributed by atoms with Gasteiger partial charge in [0.05, 0.1) is 16.4 Å². The highest BCUT2D eigenvalue weighted by Crippen LogP contribution is 2.30. The smallest absolute Gasteiger partial charge is 0.269 e. The predicted octanol–water partition coefficient (Wildman–Crippen LogP) is 4.55. The number of rotatable bonds is 3. The molecule has 0 aliphatic heterocycles. The van der Waals surface area contributed by atoms with E-state index < -0.39 is 0 Å². The van der Waals surface area contributed by atoms with Crippen LogP contribution in [0.15, 0.2) is 0 Å². The molecule has 0 aromatic carbocycles. The van der Waals surface area contributed by atoms with E-state index in [2.05, 4.69) is 29.1 Å². The second-order valence-electron chi connectivity index (χ2n) is 6.01. The molecule has 0 saturated heterocycles. The lowest BCUT2D eigenvalue weighted by molar-refractivity contribution is 0.102. The van der Waals surface area contributed by atoms with Crippen molar-refractivity contribution in [3.05, 3.63) is 26.1 Å². The van der Waals surface area contributed by atoms with Gasteiger partial charge < -0.3 is 0 Å². The molecule has 3 rings (SSSR count). The Morgan fingerprint density at radius 2 is 1.91 bits per heavy atom. The molecule has 0 saturated carbocycles. The fourth-order valence-corrected chi connectivity index (χ4v) is 4.75. The van der Waals surface area contributed by atoms with Crippen LogP contribution in [0.4, 0.5) is 5.13 Å². The van der Waals surface area contributed by atoms with Crippen molar-refractivity contribution in [2.45, 2.75) is 58.8 Å². The molecule has 22 heavy (non-hydrogen) atoms. The maximum Gasteiger partial charge on any atom is 0.269 e. The SMILES string of the molecule is Cc1nc(C(C)C)c(C(=O)Nc2nc3c(s2)CCCCC3)s1. The fraction of sp³-hybridized carbons (Fsp3) is 0.562. The van der Waals surface area contributed by atoms with E-state index in [9.17, 15) is 4.79 Å². The first kappa shape index (κ1) is 15.6. The summed E-state index contributed by atoms with van der Waals surface area (Å²) in [6.07, 6.45) is 5.85. The molecule has 0 unspecified atom stereocenters. The Morgan fingerprint density at radius 1 is 1.14 bits per heavy atom. The first-order valence-corrected chi connectivity index (χ1v) is 9.45. The van der Waals surface area contributed by atoms with Gasteiger partial charge in [-0.3, -0.25) is 10.1 Å². The number of nitrogens with one attached hydrogen (secondary N) is 1. The number of aryl methyl sites for hydroxylation is 3. The number of hydrogen-bond donors (Lipinski definition) is 1. The number of carbonyl (C=O) groups excluding carboxylic acids is 1. The van der Waals surface area contributed by atoms with Crippen LogP contribution in [-0.2, 0) is 12.8 Å². The highest BCUT2D eigenvalue weighted by molar-refractivity contribution is 7.16. The topological polar surface area (TPSA) is 54.9 Å². The number of anilines is 1. The summed E-state index contributed by atoms with van der Waals surface area (Å²) in [7, 11) is 0. The van der Waals surface area contributed by atoms with Crippen LogP contribution in [0, 0.1) is 6.92 Å². The third-order valence-electron chi connectivity index (χ3n) is 3.83. The molecule has 1 N–H and O–H groups in total. The fourth-order valence-electron chi connectivity index (χ4n) is 2.73. The van der Waals surface area contributed by atoms with Crippen molar-refractivity contribution in [1.29, 1.82) is 0 Å². The van der Waals surface area contributed by atoms with Gasteiger partial charge in [-0.05, 0) is 38.5 Å². The average Bonchev–Trinajstić information content (AvgIpc) is 2.96. The quantitative estimate of drug-likeness (QED) is 0.837. The molecule has 1 aliphatic rings. The summed E-state index contributed by atoms with van der Waals surface area (Å²) in [5.41, 5.74) is 2.07. The Hall–Kier alpha value is -1.27. The van der Waals surface area contributed by atoms with E-state index in [1.54, 1.807) is 11.3 Å². The van der Waals surface area contributed by atoms with Gasteiger partial charge in [0.2, 0.25) is 0 Å². The van der Waals surface area contributed by atoms with Crippen molar-refractivity contribution in [2.75, 3.05) is 5.32 Å². The highest BCUT2D eigenvalue weighted by Gasteiger charge is 2.21. The summed E-state index contributed by atoms with van der Waals surface area (Å²) in [5, 5.41) is 4.65. The molecule has 0 spiro atoms. The zero-order valence-electron chi connectivity index (χ0n) is 13.2. The van der Waals surface area contributed by atoms with Crippen LogP contribution in [0.2, 0.25) is 0 Å². The molecule has 1 amide bonds. The summed E-state index contributed by atoms with van der Waals surface area (Å²) >= 11 is 3.10. The zero-order chi connectivity index (χ0) is 15.7. The first-order valence-electron chi connectivity index (χ1n) is 7.82. The summed E-state index contributed by atoms with van der Waals surface area (Å²) in [6, 6.07) is 0. The first-order chi connectivity index (χ1) is 10.5. The van der Waals surface area contributed by atoms with Crippen LogP contribution in [0.3, 0.4) is 0 Å². The van der Waals surface area contributed by atoms with Gasteiger partial charge in [-0.2, -0.15) is 0 Å². The Morgan fingerprint density at radius 3 is 2.68 bits per heavy atom. The van der Waals surface area contributed by atoms with E-state index in [-0.39, 0.29) is 11.8 Å². The Bertz CT molecular complexity index is 664. The number of aromatic nitrogens is 2. The van der Waals surface area contributed by atoms with Crippen LogP contribution in [0.1, 0.15) is 70.0 Å². The van der Waals surface area contributed by atoms with Crippen molar-refractivity contribution < 1.29 is 4.79 Å². The molecular formula is C16H21N3OS2. The Labute approximate surface area is 139 Å². The van der Waals surface area contributed by atoms with Gasteiger partial charge in [0.1, 0.15) is 4.88 Å². The van der Waals surface area contributed by atoms with Gasteiger partial charge in [0.25, 0.3) is 5.91 Å². The predicted molar refractivity (Wildman–Crippen MR) is 92.3 cm³/mol. The zero-order valence-corrected chi connectivity index (χ0v) is 14.9. The van der Waals surface area contributed by atoms with Gasteiger partial charge in [-0.1, -0.05) is 20.3 Å². The number of hydrogen-bond acceptors (Lipinski definition) is 5. The molecule has 6 heteroatoms. The molecule has 0 radical (unpaired) electrons. The molecule has 0 atom stereocenters. The largest absolute Gasteiger partial charge is 0.297 e. The number of amides is 1. The highest BCUT2D eigenvalue weighted by atomic mass is 32.1. The van der Waals surface area contributed by atoms with E-state index in [4.69, 9.17) is 0 Å². The maximum absolute atomic E-state index is 12.6. The van der Waals surface area contributed by atoms with Crippen LogP contribution in [-0.4, -0.2) is 15.9 Å². The molecule has 4 nitrogen and oxygen atoms in total. The number of carbonyl (C=O) groups is 1. The van der Waals surface area contributed by atoms with Crippen LogP contribution >= 0.6 is 22.7 Å². The van der Waals surface area contributed by atoms with E-state index in [0.29, 0.717) is 0 Å². The summed E-state index contributed by atoms with van der Waals surface area (Å²) in [6.45, 7) is 6.08. The number of thiazole rings is 2. The third kappa shape index (κ3) is 3.22. The van der Waals surface area contributed by atoms with Crippen molar-refractivity contribution in [3.63, 3.8) is 0 Å². The van der Waals surface area contributed by atoms with Crippen molar-refractivity contribution >= 4 is 33.7 Å². The molecule has 118 valence electrons. The van der Waals surface area contributed by atoms with E-state index in [1.807, 2.05) is 6.92 Å². The monoisotopic (exact) mass is 335 g/mol. The second kappa shape index (κ2) is 6.46. The molecule has 0 bridgehead atoms. The lowest BCUT2D eigenvalue weighted by Crippen LogP contribution is -2.13. The lowest BCUT2D eigenvalue weighted by Gasteiger charge is -2.04. The Balaban J connectivity index is 1.80. The molecule has 1 aliphatic carbocycles. The summed E-state index contributed by atoms with van der Waals surface area (Å²) in [5.74, 6) is 0.178. The Kier molecular flexibility index (Phi) is 4.59. The van der Waals surface area contributed by atoms with E-state index >= 15 is 0 Å². The lowest BCUT2D eigenvalue weighted by atomic mass is 10.1. The van der Waals surface area contributed by atoms with Gasteiger partial charge in [0.15, 0.2) is 5.13 Å². The van der Waals surface area contributed by atoms with Crippen LogP contribution < -0.4 is 5.32 Å². The molecular weight excluding hydrogens is 314 g/mol. The number of nitrogens with zero attached hydrogens (tertiary/aromatic N) is 2. The van der Waals surface area contributed by atoms with Crippen LogP contribution in [0.25, 0.3) is 0 Å². The van der Waals surface area contributed by atoms with Crippen LogP contribution in [0.5, 0.6) is 0 Å². The third-order valence-corrected chi connectivity index (χ3v) is 5.89. The second-order valence-corrected chi connectivity index (χ2v) is 8.29. The van der Waals surface area contributed by atoms with E-state index in [0.717, 1.165) is 33.6 Å². The minimum Gasteiger partial charge on any atom is -0.297 e. The maximum atomic E-state index is 12.6. The van der Waals surface area contributed by atoms with Crippen molar-refractivity contribution in [1.82, 2.24) is 9.97 Å². The minimum absolute atomic E-state index is 0.0711. The minimum atomic E-state index is -0.0711. The normalized spacial score (nSPS) is 14.7. The van der Waals surface area contributed by atoms with E-state index in [1.165, 1.54) is 41.2 Å². The van der Waals surface area contributed by atoms with Gasteiger partial charge in [0, 0.05) is 4.88 Å². The standard InChI is InChI=1S/C16H21N3OS2/c1-9(2)13-14(21-10(3)17-13)15(20)19-16-18-11-7-5-4-6-8-12(11)22-16/h9H,4-8H2,1-3H3,(H,18,19,20). The summed E-state index contributed by atoms with van der Waals surface area (Å²) < 4.78 is 0. The average molecular weight is 335 g/mol. The molecule has 2 aromatic heterocycles. The summed E-state index contributed by atoms with van der Waals surface area (Å²) in [4.78, 5) is 23.7. The van der Waals surface area contributed by atoms with Gasteiger partial charge in [-0.15, -0.1) is 22.7 Å². The molecule has 0 fully saturated rings. The van der Waals surface area contributed by atoms with Gasteiger partial charge in [-0.25, -0.2) is 9.97 Å². The van der Waals surface area contributed by atoms with Crippen molar-refractivity contribution in [2.24, 2.45) is 0 Å². The molecule has 2 heterocycles.